The lowest BCUT2D eigenvalue weighted by Gasteiger charge is -2.41. The number of benzene rings is 2. The molecule has 3 saturated heterocycles. The molecule has 4 heterocycles. The minimum absolute atomic E-state index is 0. The molecule has 3 fully saturated rings. The van der Waals surface area contributed by atoms with Gasteiger partial charge in [0, 0.05) is 71.4 Å². The van der Waals surface area contributed by atoms with Gasteiger partial charge in [-0.25, -0.2) is 9.59 Å². The van der Waals surface area contributed by atoms with Crippen LogP contribution < -0.4 is 10.6 Å². The Labute approximate surface area is 260 Å². The van der Waals surface area contributed by atoms with E-state index in [0.717, 1.165) is 62.3 Å². The number of fused-ring (bicyclic) bond motifs is 1. The van der Waals surface area contributed by atoms with E-state index in [1.807, 2.05) is 34.1 Å². The van der Waals surface area contributed by atoms with Gasteiger partial charge in [-0.2, -0.15) is 0 Å². The number of ether oxygens (including phenoxy) is 1. The molecule has 238 valence electrons. The molecule has 11 nitrogen and oxygen atoms in total. The highest BCUT2D eigenvalue weighted by Gasteiger charge is 2.36. The van der Waals surface area contributed by atoms with Gasteiger partial charge in [-0.1, -0.05) is 30.3 Å². The number of nitrogens with one attached hydrogen (secondary N) is 2. The number of aromatic hydroxyl groups is 1. The van der Waals surface area contributed by atoms with Crippen molar-refractivity contribution in [3.8, 4) is 5.75 Å². The molecule has 2 aromatic rings. The second-order valence-corrected chi connectivity index (χ2v) is 12.3. The quantitative estimate of drug-likeness (QED) is 0.463. The molecular weight excluding hydrogens is 560 g/mol. The Morgan fingerprint density at radius 2 is 1.57 bits per heavy atom. The van der Waals surface area contributed by atoms with Crippen molar-refractivity contribution in [3.05, 3.63) is 59.7 Å². The summed E-state index contributed by atoms with van der Waals surface area (Å²) in [5.41, 5.74) is 2.80. The van der Waals surface area contributed by atoms with Gasteiger partial charge in [-0.15, -0.1) is 0 Å². The lowest BCUT2D eigenvalue weighted by molar-refractivity contribution is -0.143. The van der Waals surface area contributed by atoms with Gasteiger partial charge in [0.15, 0.2) is 6.10 Å². The highest BCUT2D eigenvalue weighted by molar-refractivity contribution is 5.91. The molecule has 4 amide bonds. The van der Waals surface area contributed by atoms with Crippen molar-refractivity contribution in [3.63, 3.8) is 0 Å². The maximum Gasteiger partial charge on any atom is 0.410 e. The van der Waals surface area contributed by atoms with Crippen molar-refractivity contribution in [2.24, 2.45) is 0 Å². The Hall–Kier alpha value is -3.83. The summed E-state index contributed by atoms with van der Waals surface area (Å²) in [5.74, 6) is -0.0282. The van der Waals surface area contributed by atoms with Crippen LogP contribution in [0.5, 0.6) is 5.75 Å². The third kappa shape index (κ3) is 7.10. The molecule has 0 saturated carbocycles. The first-order valence-electron chi connectivity index (χ1n) is 16.1. The highest BCUT2D eigenvalue weighted by Crippen LogP contribution is 2.25. The number of hydrogen-bond acceptors (Lipinski definition) is 7. The number of carbonyl (C=O) groups excluding carboxylic acids is 3. The topological polar surface area (TPSA) is 118 Å². The van der Waals surface area contributed by atoms with E-state index in [9.17, 15) is 19.5 Å². The van der Waals surface area contributed by atoms with Crippen LogP contribution in [-0.2, 0) is 22.4 Å². The summed E-state index contributed by atoms with van der Waals surface area (Å²) >= 11 is 0. The standard InChI is InChI=1S/C33H44N6O5.H2/c40-28-7-5-24(6-8-28)23-30(31(41)37-21-19-36(20-22-37)26-9-14-34-15-10-26)44-33(43)38-16-12-27(13-17-38)39-18-11-25-3-1-2-4-29(25)35-32(39)42;/h1-8,26-27,30,34,40H,9-23H2,(H,35,42);1H/t30-;/m1./s1. The summed E-state index contributed by atoms with van der Waals surface area (Å²) in [7, 11) is 0. The Balaban J connectivity index is 0.00000400. The predicted molar refractivity (Wildman–Crippen MR) is 169 cm³/mol. The molecule has 11 heteroatoms. The molecule has 1 atom stereocenters. The molecule has 4 aliphatic rings. The minimum atomic E-state index is -0.954. The molecule has 3 N–H and O–H groups in total. The Morgan fingerprint density at radius 3 is 2.30 bits per heavy atom. The molecule has 44 heavy (non-hydrogen) atoms. The number of para-hydroxylation sites is 1. The van der Waals surface area contributed by atoms with E-state index in [4.69, 9.17) is 4.74 Å². The highest BCUT2D eigenvalue weighted by atomic mass is 16.6. The first-order chi connectivity index (χ1) is 21.4. The monoisotopic (exact) mass is 606 g/mol. The fraction of sp³-hybridized carbons (Fsp3) is 0.545. The van der Waals surface area contributed by atoms with E-state index in [2.05, 4.69) is 15.5 Å². The molecule has 4 aliphatic heterocycles. The number of hydrogen-bond donors (Lipinski definition) is 3. The molecular formula is C33H46N6O5. The first kappa shape index (κ1) is 30.2. The number of piperidine rings is 2. The molecule has 0 radical (unpaired) electrons. The molecule has 0 aliphatic carbocycles. The van der Waals surface area contributed by atoms with Gasteiger partial charge in [-0.3, -0.25) is 9.69 Å². The summed E-state index contributed by atoms with van der Waals surface area (Å²) < 4.78 is 5.97. The van der Waals surface area contributed by atoms with Crippen LogP contribution in [0.2, 0.25) is 0 Å². The van der Waals surface area contributed by atoms with Gasteiger partial charge in [0.1, 0.15) is 5.75 Å². The van der Waals surface area contributed by atoms with Crippen molar-refractivity contribution in [1.29, 1.82) is 0 Å². The number of amides is 4. The minimum Gasteiger partial charge on any atom is -0.508 e. The zero-order chi connectivity index (χ0) is 30.5. The molecule has 0 bridgehead atoms. The number of phenols is 1. The summed E-state index contributed by atoms with van der Waals surface area (Å²) in [5, 5.41) is 16.2. The smallest absolute Gasteiger partial charge is 0.410 e. The van der Waals surface area contributed by atoms with Crippen LogP contribution in [-0.4, -0.2) is 120 Å². The number of urea groups is 1. The summed E-state index contributed by atoms with van der Waals surface area (Å²) in [4.78, 5) is 48.1. The number of likely N-dealkylation sites (tertiary alicyclic amines) is 1. The van der Waals surface area contributed by atoms with E-state index in [-0.39, 0.29) is 31.6 Å². The first-order valence-corrected chi connectivity index (χ1v) is 16.1. The Kier molecular flexibility index (Phi) is 9.51. The Morgan fingerprint density at radius 1 is 0.864 bits per heavy atom. The maximum absolute atomic E-state index is 13.8. The number of piperazine rings is 1. The summed E-state index contributed by atoms with van der Waals surface area (Å²) in [6.07, 6.45) is 3.12. The van der Waals surface area contributed by atoms with Crippen molar-refractivity contribution in [2.45, 2.75) is 56.7 Å². The average Bonchev–Trinajstić information content (AvgIpc) is 3.23. The van der Waals surface area contributed by atoms with Crippen molar-refractivity contribution < 1.29 is 25.7 Å². The van der Waals surface area contributed by atoms with Crippen LogP contribution in [0.3, 0.4) is 0 Å². The van der Waals surface area contributed by atoms with E-state index in [0.29, 0.717) is 51.6 Å². The van der Waals surface area contributed by atoms with Gasteiger partial charge in [-0.05, 0) is 74.5 Å². The third-order valence-corrected chi connectivity index (χ3v) is 9.63. The van der Waals surface area contributed by atoms with E-state index < -0.39 is 12.2 Å². The molecule has 0 spiro atoms. The van der Waals surface area contributed by atoms with Gasteiger partial charge < -0.3 is 35.2 Å². The zero-order valence-corrected chi connectivity index (χ0v) is 25.3. The van der Waals surface area contributed by atoms with Gasteiger partial charge in [0.25, 0.3) is 5.91 Å². The molecule has 0 aromatic heterocycles. The Bertz CT molecular complexity index is 1310. The average molecular weight is 607 g/mol. The van der Waals surface area contributed by atoms with Crippen LogP contribution >= 0.6 is 0 Å². The fourth-order valence-corrected chi connectivity index (χ4v) is 7.00. The fourth-order valence-electron chi connectivity index (χ4n) is 7.00. The lowest BCUT2D eigenvalue weighted by atomic mass is 10.0. The van der Waals surface area contributed by atoms with E-state index in [1.54, 1.807) is 29.2 Å². The maximum atomic E-state index is 13.8. The van der Waals surface area contributed by atoms with E-state index in [1.165, 1.54) is 0 Å². The van der Waals surface area contributed by atoms with Crippen LogP contribution in [0, 0.1) is 0 Å². The van der Waals surface area contributed by atoms with Gasteiger partial charge in [0.05, 0.1) is 0 Å². The molecule has 2 aromatic carbocycles. The van der Waals surface area contributed by atoms with Crippen molar-refractivity contribution >= 4 is 23.7 Å². The number of anilines is 1. The summed E-state index contributed by atoms with van der Waals surface area (Å²) in [6.45, 7) is 6.46. The second kappa shape index (κ2) is 13.9. The number of nitrogens with zero attached hydrogens (tertiary/aromatic N) is 4. The third-order valence-electron chi connectivity index (χ3n) is 9.63. The molecule has 6 rings (SSSR count). The normalized spacial score (nSPS) is 21.3. The van der Waals surface area contributed by atoms with E-state index >= 15 is 0 Å². The molecule has 0 unspecified atom stereocenters. The number of phenolic OH excluding ortho intramolecular Hbond substituents is 1. The van der Waals surface area contributed by atoms with Gasteiger partial charge in [0.2, 0.25) is 0 Å². The van der Waals surface area contributed by atoms with Crippen molar-refractivity contribution in [2.75, 3.05) is 64.2 Å². The number of rotatable bonds is 6. The van der Waals surface area contributed by atoms with Crippen LogP contribution in [0.4, 0.5) is 15.3 Å². The van der Waals surface area contributed by atoms with Gasteiger partial charge >= 0.3 is 12.1 Å². The second-order valence-electron chi connectivity index (χ2n) is 12.3. The number of carbonyl (C=O) groups is 3. The predicted octanol–water partition coefficient (Wildman–Crippen LogP) is 3.14. The largest absolute Gasteiger partial charge is 0.508 e. The van der Waals surface area contributed by atoms with Crippen LogP contribution in [0.25, 0.3) is 0 Å². The zero-order valence-electron chi connectivity index (χ0n) is 25.3. The van der Waals surface area contributed by atoms with Crippen molar-refractivity contribution in [1.82, 2.24) is 24.9 Å². The lowest BCUT2D eigenvalue weighted by Crippen LogP contribution is -2.56. The van der Waals surface area contributed by atoms with Crippen LogP contribution in [0.1, 0.15) is 38.2 Å². The SMILES string of the molecule is O=C(O[C@H](Cc1ccc(O)cc1)C(=O)N1CCN(C2CCNCC2)CC1)N1CCC(N2CCc3ccccc3NC2=O)CC1.[HH]. The summed E-state index contributed by atoms with van der Waals surface area (Å²) in [6, 6.07) is 15.0. The van der Waals surface area contributed by atoms with Crippen LogP contribution in [0.15, 0.2) is 48.5 Å².